The van der Waals surface area contributed by atoms with Gasteiger partial charge in [-0.05, 0) is 36.1 Å². The molecule has 30 heavy (non-hydrogen) atoms. The first-order valence-electron chi connectivity index (χ1n) is 9.80. The third kappa shape index (κ3) is 10.3. The molecule has 0 aliphatic carbocycles. The summed E-state index contributed by atoms with van der Waals surface area (Å²) in [6.07, 6.45) is 6.58. The smallest absolute Gasteiger partial charge is 0.130 e. The van der Waals surface area contributed by atoms with E-state index in [2.05, 4.69) is 47.6 Å². The maximum absolute atomic E-state index is 5.65. The first-order valence-corrected chi connectivity index (χ1v) is 10.9. The molecule has 0 N–H and O–H groups in total. The number of rotatable bonds is 3. The van der Waals surface area contributed by atoms with Gasteiger partial charge in [-0.3, -0.25) is 9.97 Å². The molecule has 0 saturated carbocycles. The largest absolute Gasteiger partial charge is 0.259 e. The lowest BCUT2D eigenvalue weighted by Crippen LogP contribution is -1.94. The van der Waals surface area contributed by atoms with Crippen LogP contribution in [0.15, 0.2) is 49.1 Å². The van der Waals surface area contributed by atoms with Crippen LogP contribution in [0.1, 0.15) is 76.5 Å². The summed E-state index contributed by atoms with van der Waals surface area (Å²) in [7, 11) is 0. The fraction of sp³-hybridized carbons (Fsp3) is 0.391. The van der Waals surface area contributed by atoms with E-state index in [0.29, 0.717) is 32.8 Å². The van der Waals surface area contributed by atoms with Crippen LogP contribution in [0, 0.1) is 0 Å². The summed E-state index contributed by atoms with van der Waals surface area (Å²) in [4.78, 5) is 16.4. The second-order valence-corrected chi connectivity index (χ2v) is 8.84. The zero-order chi connectivity index (χ0) is 22.7. The summed E-state index contributed by atoms with van der Waals surface area (Å²) in [5, 5.41) is 1.98. The number of aromatic nitrogens is 4. The lowest BCUT2D eigenvalue weighted by molar-refractivity contribution is 0.774. The summed E-state index contributed by atoms with van der Waals surface area (Å²) < 4.78 is 0. The van der Waals surface area contributed by atoms with E-state index < -0.39 is 0 Å². The molecule has 3 rings (SSSR count). The minimum Gasteiger partial charge on any atom is -0.259 e. The van der Waals surface area contributed by atoms with E-state index in [0.717, 1.165) is 17.2 Å². The zero-order valence-corrected chi connectivity index (χ0v) is 20.5. The molecule has 0 saturated heterocycles. The molecule has 0 atom stereocenters. The topological polar surface area (TPSA) is 51.6 Å². The van der Waals surface area contributed by atoms with Crippen LogP contribution in [-0.4, -0.2) is 19.9 Å². The number of halogens is 3. The van der Waals surface area contributed by atoms with Crippen LogP contribution in [0.25, 0.3) is 0 Å². The van der Waals surface area contributed by atoms with Gasteiger partial charge in [0.15, 0.2) is 0 Å². The normalized spacial score (nSPS) is 10.4. The van der Waals surface area contributed by atoms with Crippen LogP contribution >= 0.6 is 34.8 Å². The molecule has 7 heteroatoms. The Morgan fingerprint density at radius 1 is 0.500 bits per heavy atom. The van der Waals surface area contributed by atoms with E-state index in [1.54, 1.807) is 24.8 Å². The standard InChI is InChI=1S/2C8H10ClN.C7H9ClN2/c2*1-6(2)8-4-3-7(9)5-10-8;1-5(2)7-9-3-6(8)4-10-7/h2*3-6H,1-2H3;3-5H,1-2H3. The van der Waals surface area contributed by atoms with Gasteiger partial charge in [-0.2, -0.15) is 0 Å². The lowest BCUT2D eigenvalue weighted by atomic mass is 10.1. The highest BCUT2D eigenvalue weighted by Crippen LogP contribution is 2.14. The van der Waals surface area contributed by atoms with Gasteiger partial charge in [-0.15, -0.1) is 0 Å². The van der Waals surface area contributed by atoms with Crippen LogP contribution in [0.5, 0.6) is 0 Å². The van der Waals surface area contributed by atoms with Crippen molar-refractivity contribution in [2.75, 3.05) is 0 Å². The fourth-order valence-electron chi connectivity index (χ4n) is 2.08. The molecule has 3 aromatic rings. The molecule has 0 aromatic carbocycles. The molecule has 4 nitrogen and oxygen atoms in total. The van der Waals surface area contributed by atoms with E-state index >= 15 is 0 Å². The van der Waals surface area contributed by atoms with Crippen LogP contribution in [0.4, 0.5) is 0 Å². The molecule has 0 amide bonds. The Hall–Kier alpha value is -1.75. The first-order chi connectivity index (χ1) is 14.1. The molecule has 0 radical (unpaired) electrons. The van der Waals surface area contributed by atoms with Gasteiger partial charge < -0.3 is 0 Å². The van der Waals surface area contributed by atoms with Crippen LogP contribution in [0.3, 0.4) is 0 Å². The number of pyridine rings is 2. The van der Waals surface area contributed by atoms with Crippen LogP contribution in [0.2, 0.25) is 15.1 Å². The average molecular weight is 468 g/mol. The number of nitrogens with zero attached hydrogens (tertiary/aromatic N) is 4. The van der Waals surface area contributed by atoms with E-state index in [4.69, 9.17) is 34.8 Å². The van der Waals surface area contributed by atoms with Gasteiger partial charge in [0, 0.05) is 42.1 Å². The first kappa shape index (κ1) is 26.3. The monoisotopic (exact) mass is 466 g/mol. The molecule has 0 fully saturated rings. The predicted molar refractivity (Wildman–Crippen MR) is 128 cm³/mol. The number of hydrogen-bond donors (Lipinski definition) is 0. The Balaban J connectivity index is 0.000000225. The van der Waals surface area contributed by atoms with Crippen molar-refractivity contribution in [3.8, 4) is 0 Å². The minimum atomic E-state index is 0.372. The van der Waals surface area contributed by atoms with Crippen molar-refractivity contribution in [3.63, 3.8) is 0 Å². The average Bonchev–Trinajstić information content (AvgIpc) is 2.70. The Morgan fingerprint density at radius 3 is 1.13 bits per heavy atom. The van der Waals surface area contributed by atoms with Gasteiger partial charge in [0.2, 0.25) is 0 Å². The third-order valence-corrected chi connectivity index (χ3v) is 4.48. The molecule has 0 aliphatic heterocycles. The highest BCUT2D eigenvalue weighted by Gasteiger charge is 2.00. The SMILES string of the molecule is CC(C)c1ccc(Cl)cn1.CC(C)c1ccc(Cl)cn1.CC(C)c1ncc(Cl)cn1. The molecule has 3 aromatic heterocycles. The Kier molecular flexibility index (Phi) is 11.9. The summed E-state index contributed by atoms with van der Waals surface area (Å²) in [6.45, 7) is 12.5. The molecular formula is C23H29Cl3N4. The van der Waals surface area contributed by atoms with Crippen molar-refractivity contribution < 1.29 is 0 Å². The summed E-state index contributed by atoms with van der Waals surface area (Å²) in [6, 6.07) is 7.63. The van der Waals surface area contributed by atoms with Crippen molar-refractivity contribution in [2.45, 2.75) is 59.3 Å². The van der Waals surface area contributed by atoms with Gasteiger partial charge in [0.05, 0.1) is 15.1 Å². The molecule has 0 aliphatic rings. The van der Waals surface area contributed by atoms with Gasteiger partial charge >= 0.3 is 0 Å². The molecule has 0 spiro atoms. The molecule has 3 heterocycles. The highest BCUT2D eigenvalue weighted by molar-refractivity contribution is 6.30. The molecule has 0 bridgehead atoms. The number of hydrogen-bond acceptors (Lipinski definition) is 4. The van der Waals surface area contributed by atoms with Gasteiger partial charge in [0.1, 0.15) is 5.82 Å². The van der Waals surface area contributed by atoms with Crippen molar-refractivity contribution in [1.29, 1.82) is 0 Å². The quantitative estimate of drug-likeness (QED) is 0.392. The van der Waals surface area contributed by atoms with Crippen LogP contribution < -0.4 is 0 Å². The Morgan fingerprint density at radius 2 is 0.867 bits per heavy atom. The van der Waals surface area contributed by atoms with E-state index in [1.807, 2.05) is 38.1 Å². The zero-order valence-electron chi connectivity index (χ0n) is 18.3. The van der Waals surface area contributed by atoms with Crippen molar-refractivity contribution in [3.05, 3.63) is 81.3 Å². The molecule has 162 valence electrons. The van der Waals surface area contributed by atoms with Crippen LogP contribution in [-0.2, 0) is 0 Å². The van der Waals surface area contributed by atoms with E-state index in [1.165, 1.54) is 0 Å². The summed E-state index contributed by atoms with van der Waals surface area (Å²) in [5.41, 5.74) is 2.17. The second-order valence-electron chi connectivity index (χ2n) is 7.53. The lowest BCUT2D eigenvalue weighted by Gasteiger charge is -2.01. The maximum Gasteiger partial charge on any atom is 0.130 e. The minimum absolute atomic E-state index is 0.372. The second kappa shape index (κ2) is 13.5. The van der Waals surface area contributed by atoms with E-state index in [9.17, 15) is 0 Å². The highest BCUT2D eigenvalue weighted by atomic mass is 35.5. The predicted octanol–water partition coefficient (Wildman–Crippen LogP) is 7.97. The fourth-order valence-corrected chi connectivity index (χ4v) is 2.40. The Labute approximate surface area is 195 Å². The summed E-state index contributed by atoms with van der Waals surface area (Å²) in [5.74, 6) is 2.18. The van der Waals surface area contributed by atoms with Crippen molar-refractivity contribution in [1.82, 2.24) is 19.9 Å². The Bertz CT molecular complexity index is 729. The maximum atomic E-state index is 5.65. The third-order valence-electron chi connectivity index (χ3n) is 3.84. The van der Waals surface area contributed by atoms with Crippen molar-refractivity contribution in [2.24, 2.45) is 0 Å². The van der Waals surface area contributed by atoms with Gasteiger partial charge in [-0.25, -0.2) is 9.97 Å². The van der Waals surface area contributed by atoms with Gasteiger partial charge in [-0.1, -0.05) is 76.3 Å². The van der Waals surface area contributed by atoms with Crippen molar-refractivity contribution >= 4 is 34.8 Å². The summed E-state index contributed by atoms with van der Waals surface area (Å²) >= 11 is 16.9. The molecular weight excluding hydrogens is 439 g/mol. The molecule has 0 unspecified atom stereocenters. The van der Waals surface area contributed by atoms with Gasteiger partial charge in [0.25, 0.3) is 0 Å². The van der Waals surface area contributed by atoms with E-state index in [-0.39, 0.29) is 0 Å².